The summed E-state index contributed by atoms with van der Waals surface area (Å²) in [6.07, 6.45) is 2.16. The van der Waals surface area contributed by atoms with Crippen LogP contribution in [0.1, 0.15) is 41.5 Å². The number of carbonyl (C=O) groups excluding carboxylic acids is 2. The van der Waals surface area contributed by atoms with Gasteiger partial charge in [0.15, 0.2) is 5.78 Å². The zero-order valence-electron chi connectivity index (χ0n) is 12.1. The first-order valence-corrected chi connectivity index (χ1v) is 7.22. The number of hydrogen-bond donors (Lipinski definition) is 1. The number of halogens is 1. The van der Waals surface area contributed by atoms with E-state index in [9.17, 15) is 9.59 Å². The molecule has 0 aliphatic carbocycles. The topological polar surface area (TPSA) is 73.2 Å². The Morgan fingerprint density at radius 2 is 2.33 bits per heavy atom. The Hall–Kier alpha value is -1.40. The van der Waals surface area contributed by atoms with Crippen LogP contribution in [0.4, 0.5) is 0 Å². The van der Waals surface area contributed by atoms with E-state index in [0.29, 0.717) is 31.8 Å². The number of ketones is 1. The lowest BCUT2D eigenvalue weighted by molar-refractivity contribution is -0.146. The lowest BCUT2D eigenvalue weighted by Gasteiger charge is -2.15. The van der Waals surface area contributed by atoms with Gasteiger partial charge in [0.25, 0.3) is 0 Å². The van der Waals surface area contributed by atoms with E-state index < -0.39 is 11.9 Å². The first kappa shape index (κ1) is 16.0. The number of aryl methyl sites for hydroxylation is 1. The summed E-state index contributed by atoms with van der Waals surface area (Å²) < 4.78 is 6.83. The maximum Gasteiger partial charge on any atom is 0.316 e. The summed E-state index contributed by atoms with van der Waals surface area (Å²) in [5.74, 6) is -1.19. The first-order valence-electron chi connectivity index (χ1n) is 7.22. The fourth-order valence-electron chi connectivity index (χ4n) is 3.00. The molecule has 1 unspecified atom stereocenters. The van der Waals surface area contributed by atoms with Crippen molar-refractivity contribution in [2.45, 2.75) is 39.3 Å². The van der Waals surface area contributed by atoms with Gasteiger partial charge in [-0.3, -0.25) is 14.3 Å². The lowest BCUT2D eigenvalue weighted by Crippen LogP contribution is -2.29. The van der Waals surface area contributed by atoms with Crippen LogP contribution in [-0.2, 0) is 29.0 Å². The van der Waals surface area contributed by atoms with Gasteiger partial charge in [-0.15, -0.1) is 12.4 Å². The number of ether oxygens (including phenoxy) is 1. The van der Waals surface area contributed by atoms with Crippen LogP contribution in [-0.4, -0.2) is 34.7 Å². The number of nitrogens with one attached hydrogen (secondary N) is 1. The average Bonchev–Trinajstić information content (AvgIpc) is 2.73. The van der Waals surface area contributed by atoms with Crippen LogP contribution in [0.5, 0.6) is 0 Å². The first-order chi connectivity index (χ1) is 9.72. The van der Waals surface area contributed by atoms with Gasteiger partial charge in [-0.05, 0) is 19.8 Å². The molecule has 0 amide bonds. The van der Waals surface area contributed by atoms with Gasteiger partial charge in [0.1, 0.15) is 11.6 Å². The number of rotatable bonds is 2. The molecule has 1 atom stereocenters. The van der Waals surface area contributed by atoms with Crippen molar-refractivity contribution in [2.75, 3.05) is 13.2 Å². The smallest absolute Gasteiger partial charge is 0.316 e. The quantitative estimate of drug-likeness (QED) is 0.654. The molecular weight excluding hydrogens is 294 g/mol. The average molecular weight is 314 g/mol. The Labute approximate surface area is 129 Å². The minimum atomic E-state index is -0.668. The van der Waals surface area contributed by atoms with E-state index in [4.69, 9.17) is 4.74 Å². The second-order valence-electron chi connectivity index (χ2n) is 5.23. The van der Waals surface area contributed by atoms with Crippen LogP contribution >= 0.6 is 12.4 Å². The van der Waals surface area contributed by atoms with E-state index in [1.54, 1.807) is 11.6 Å². The zero-order valence-corrected chi connectivity index (χ0v) is 12.9. The molecule has 0 saturated heterocycles. The third-order valence-electron chi connectivity index (χ3n) is 3.96. The van der Waals surface area contributed by atoms with Gasteiger partial charge in [0, 0.05) is 31.6 Å². The van der Waals surface area contributed by atoms with Crippen LogP contribution in [0.25, 0.3) is 0 Å². The SMILES string of the molecule is CCOC(=O)C1CCCn2nc3c(c2C1=O)CNCC3.Cl. The van der Waals surface area contributed by atoms with E-state index in [1.165, 1.54) is 0 Å². The summed E-state index contributed by atoms with van der Waals surface area (Å²) >= 11 is 0. The van der Waals surface area contributed by atoms with Gasteiger partial charge >= 0.3 is 5.97 Å². The van der Waals surface area contributed by atoms with Crippen molar-refractivity contribution in [3.05, 3.63) is 17.0 Å². The fraction of sp³-hybridized carbons (Fsp3) is 0.643. The number of fused-ring (bicyclic) bond motifs is 3. The summed E-state index contributed by atoms with van der Waals surface area (Å²) in [5.41, 5.74) is 2.58. The molecule has 1 N–H and O–H groups in total. The Morgan fingerprint density at radius 3 is 3.10 bits per heavy atom. The van der Waals surface area contributed by atoms with Gasteiger partial charge in [0.2, 0.25) is 0 Å². The van der Waals surface area contributed by atoms with E-state index >= 15 is 0 Å². The molecule has 1 aromatic rings. The summed E-state index contributed by atoms with van der Waals surface area (Å²) in [6, 6.07) is 0. The van der Waals surface area contributed by atoms with Gasteiger partial charge < -0.3 is 10.1 Å². The van der Waals surface area contributed by atoms with Crippen LogP contribution in [0.2, 0.25) is 0 Å². The highest BCUT2D eigenvalue weighted by molar-refractivity contribution is 6.08. The number of carbonyl (C=O) groups is 2. The van der Waals surface area contributed by atoms with Crippen LogP contribution in [0, 0.1) is 5.92 Å². The zero-order chi connectivity index (χ0) is 14.1. The van der Waals surface area contributed by atoms with E-state index in [2.05, 4.69) is 10.4 Å². The number of esters is 1. The number of aromatic nitrogens is 2. The van der Waals surface area contributed by atoms with E-state index in [0.717, 1.165) is 30.6 Å². The Morgan fingerprint density at radius 1 is 1.52 bits per heavy atom. The molecule has 0 radical (unpaired) electrons. The molecule has 1 aromatic heterocycles. The summed E-state index contributed by atoms with van der Waals surface area (Å²) in [6.45, 7) is 4.31. The second kappa shape index (κ2) is 6.58. The van der Waals surface area contributed by atoms with Crippen molar-refractivity contribution >= 4 is 24.2 Å². The molecule has 3 heterocycles. The number of Topliss-reactive ketones (excluding diaryl/α,β-unsaturated/α-hetero) is 1. The standard InChI is InChI=1S/C14H19N3O3.ClH/c1-2-20-14(19)9-4-3-7-17-12(13(9)18)10-8-15-6-5-11(10)16-17;/h9,15H,2-8H2,1H3;1H. The van der Waals surface area contributed by atoms with Crippen LogP contribution < -0.4 is 5.32 Å². The highest BCUT2D eigenvalue weighted by Gasteiger charge is 2.36. The van der Waals surface area contributed by atoms with Gasteiger partial charge in [-0.1, -0.05) is 0 Å². The molecule has 21 heavy (non-hydrogen) atoms. The molecule has 2 aliphatic rings. The molecular formula is C14H20ClN3O3. The lowest BCUT2D eigenvalue weighted by atomic mass is 9.94. The predicted molar refractivity (Wildman–Crippen MR) is 78.6 cm³/mol. The summed E-state index contributed by atoms with van der Waals surface area (Å²) in [5, 5.41) is 7.81. The van der Waals surface area contributed by atoms with Crippen molar-refractivity contribution in [3.8, 4) is 0 Å². The summed E-state index contributed by atoms with van der Waals surface area (Å²) in [4.78, 5) is 24.7. The molecule has 0 aromatic carbocycles. The molecule has 2 aliphatic heterocycles. The maximum atomic E-state index is 12.7. The Bertz CT molecular complexity index is 556. The Balaban J connectivity index is 0.00000161. The molecule has 0 saturated carbocycles. The normalized spacial score (nSPS) is 20.8. The minimum absolute atomic E-state index is 0. The molecule has 6 nitrogen and oxygen atoms in total. The molecule has 0 fully saturated rings. The van der Waals surface area contributed by atoms with Crippen molar-refractivity contribution in [1.82, 2.24) is 15.1 Å². The minimum Gasteiger partial charge on any atom is -0.465 e. The molecule has 116 valence electrons. The highest BCUT2D eigenvalue weighted by atomic mass is 35.5. The third kappa shape index (κ3) is 2.82. The van der Waals surface area contributed by atoms with Crippen LogP contribution in [0.15, 0.2) is 0 Å². The van der Waals surface area contributed by atoms with Crippen LogP contribution in [0.3, 0.4) is 0 Å². The summed E-state index contributed by atoms with van der Waals surface area (Å²) in [7, 11) is 0. The van der Waals surface area contributed by atoms with Crippen molar-refractivity contribution in [1.29, 1.82) is 0 Å². The van der Waals surface area contributed by atoms with Gasteiger partial charge in [0.05, 0.1) is 12.3 Å². The van der Waals surface area contributed by atoms with Crippen molar-refractivity contribution < 1.29 is 14.3 Å². The third-order valence-corrected chi connectivity index (χ3v) is 3.96. The largest absolute Gasteiger partial charge is 0.465 e. The fourth-order valence-corrected chi connectivity index (χ4v) is 3.00. The molecule has 3 rings (SSSR count). The molecule has 0 spiro atoms. The highest BCUT2D eigenvalue weighted by Crippen LogP contribution is 2.27. The molecule has 7 heteroatoms. The molecule has 0 bridgehead atoms. The Kier molecular flexibility index (Phi) is 5.00. The van der Waals surface area contributed by atoms with Crippen molar-refractivity contribution in [3.63, 3.8) is 0 Å². The van der Waals surface area contributed by atoms with Gasteiger partial charge in [-0.2, -0.15) is 5.10 Å². The van der Waals surface area contributed by atoms with E-state index in [-0.39, 0.29) is 18.2 Å². The second-order valence-corrected chi connectivity index (χ2v) is 5.23. The number of nitrogens with zero attached hydrogens (tertiary/aromatic N) is 2. The van der Waals surface area contributed by atoms with E-state index in [1.807, 2.05) is 0 Å². The number of hydrogen-bond acceptors (Lipinski definition) is 5. The van der Waals surface area contributed by atoms with Crippen molar-refractivity contribution in [2.24, 2.45) is 5.92 Å². The maximum absolute atomic E-state index is 12.7. The van der Waals surface area contributed by atoms with Gasteiger partial charge in [-0.25, -0.2) is 0 Å². The monoisotopic (exact) mass is 313 g/mol. The predicted octanol–water partition coefficient (Wildman–Crippen LogP) is 1.11.